The van der Waals surface area contributed by atoms with E-state index in [4.69, 9.17) is 4.74 Å². The maximum atomic E-state index is 11.6. The van der Waals surface area contributed by atoms with E-state index in [2.05, 4.69) is 40.5 Å². The predicted molar refractivity (Wildman–Crippen MR) is 84.2 cm³/mol. The Hall–Kier alpha value is -1.39. The van der Waals surface area contributed by atoms with E-state index in [9.17, 15) is 4.79 Å². The Balaban J connectivity index is 1.76. The van der Waals surface area contributed by atoms with E-state index in [1.807, 2.05) is 7.05 Å². The average Bonchev–Trinajstić information content (AvgIpc) is 2.54. The molecule has 1 N–H and O–H groups in total. The van der Waals surface area contributed by atoms with E-state index in [1.54, 1.807) is 0 Å². The lowest BCUT2D eigenvalue weighted by Crippen LogP contribution is -2.47. The van der Waals surface area contributed by atoms with E-state index in [0.717, 1.165) is 25.6 Å². The van der Waals surface area contributed by atoms with Gasteiger partial charge in [-0.1, -0.05) is 30.3 Å². The van der Waals surface area contributed by atoms with Crippen molar-refractivity contribution in [3.05, 3.63) is 35.9 Å². The van der Waals surface area contributed by atoms with Crippen LogP contribution in [-0.4, -0.2) is 50.7 Å². The number of likely N-dealkylation sites (N-methyl/N-ethyl adjacent to an activating group) is 1. The van der Waals surface area contributed by atoms with E-state index in [0.29, 0.717) is 0 Å². The second-order valence-corrected chi connectivity index (χ2v) is 5.80. The second kappa shape index (κ2) is 8.15. The van der Waals surface area contributed by atoms with Crippen LogP contribution in [0.3, 0.4) is 0 Å². The van der Waals surface area contributed by atoms with Crippen molar-refractivity contribution in [3.63, 3.8) is 0 Å². The van der Waals surface area contributed by atoms with Gasteiger partial charge < -0.3 is 15.0 Å². The Morgan fingerprint density at radius 3 is 2.57 bits per heavy atom. The maximum Gasteiger partial charge on any atom is 0.324 e. The molecule has 0 aromatic heterocycles. The third-order valence-electron chi connectivity index (χ3n) is 4.35. The number of rotatable bonds is 6. The first-order chi connectivity index (χ1) is 10.2. The summed E-state index contributed by atoms with van der Waals surface area (Å²) in [6, 6.07) is 10.5. The topological polar surface area (TPSA) is 41.6 Å². The third kappa shape index (κ3) is 4.83. The van der Waals surface area contributed by atoms with E-state index < -0.39 is 0 Å². The van der Waals surface area contributed by atoms with Crippen molar-refractivity contribution in [1.82, 2.24) is 10.2 Å². The highest BCUT2D eigenvalue weighted by atomic mass is 16.5. The number of nitrogens with zero attached hydrogens (tertiary/aromatic N) is 1. The van der Waals surface area contributed by atoms with Crippen LogP contribution in [0.5, 0.6) is 0 Å². The summed E-state index contributed by atoms with van der Waals surface area (Å²) in [6.45, 7) is 2.86. The van der Waals surface area contributed by atoms with Crippen LogP contribution in [0.15, 0.2) is 30.3 Å². The van der Waals surface area contributed by atoms with E-state index >= 15 is 0 Å². The molecule has 1 aromatic carbocycles. The second-order valence-electron chi connectivity index (χ2n) is 5.80. The van der Waals surface area contributed by atoms with Gasteiger partial charge in [-0.2, -0.15) is 0 Å². The van der Waals surface area contributed by atoms with Gasteiger partial charge in [0.15, 0.2) is 0 Å². The molecule has 4 nitrogen and oxygen atoms in total. The summed E-state index contributed by atoms with van der Waals surface area (Å²) in [5.41, 5.74) is 1.43. The molecule has 116 valence electrons. The Morgan fingerprint density at radius 1 is 1.33 bits per heavy atom. The number of nitrogens with one attached hydrogen (secondary N) is 1. The summed E-state index contributed by atoms with van der Waals surface area (Å²) in [7, 11) is 3.25. The van der Waals surface area contributed by atoms with Crippen LogP contribution in [0, 0.1) is 5.92 Å². The zero-order valence-electron chi connectivity index (χ0n) is 13.0. The highest BCUT2D eigenvalue weighted by Crippen LogP contribution is 2.21. The maximum absolute atomic E-state index is 11.6. The molecule has 0 spiro atoms. The van der Waals surface area contributed by atoms with Gasteiger partial charge in [0.05, 0.1) is 7.11 Å². The third-order valence-corrected chi connectivity index (χ3v) is 4.35. The number of hydrogen-bond donors (Lipinski definition) is 1. The van der Waals surface area contributed by atoms with Crippen molar-refractivity contribution < 1.29 is 9.53 Å². The molecule has 1 aliphatic heterocycles. The number of ether oxygens (including phenoxy) is 1. The molecule has 1 atom stereocenters. The summed E-state index contributed by atoms with van der Waals surface area (Å²) in [5, 5.41) is 3.03. The number of esters is 1. The first-order valence-electron chi connectivity index (χ1n) is 7.74. The molecule has 1 saturated heterocycles. The quantitative estimate of drug-likeness (QED) is 0.810. The molecule has 1 heterocycles. The summed E-state index contributed by atoms with van der Waals surface area (Å²) < 4.78 is 4.82. The molecule has 1 unspecified atom stereocenters. The first-order valence-corrected chi connectivity index (χ1v) is 7.74. The fourth-order valence-electron chi connectivity index (χ4n) is 3.00. The molecular formula is C17H26N2O2. The molecule has 21 heavy (non-hydrogen) atoms. The normalized spacial score (nSPS) is 18.4. The molecule has 2 rings (SSSR count). The summed E-state index contributed by atoms with van der Waals surface area (Å²) >= 11 is 0. The van der Waals surface area contributed by atoms with Gasteiger partial charge in [-0.05, 0) is 50.9 Å². The largest absolute Gasteiger partial charge is 0.468 e. The number of likely N-dealkylation sites (tertiary alicyclic amines) is 1. The number of methoxy groups -OCH3 is 1. The zero-order valence-corrected chi connectivity index (χ0v) is 13.0. The molecular weight excluding hydrogens is 264 g/mol. The van der Waals surface area contributed by atoms with E-state index in [-0.39, 0.29) is 12.0 Å². The Bertz CT molecular complexity index is 428. The molecule has 0 bridgehead atoms. The van der Waals surface area contributed by atoms with Crippen LogP contribution in [-0.2, 0) is 16.0 Å². The van der Waals surface area contributed by atoms with Crippen molar-refractivity contribution in [3.8, 4) is 0 Å². The standard InChI is InChI=1S/C17H26N2O2/c1-18-16(17(20)21-2)13-19-10-8-15(9-11-19)12-14-6-4-3-5-7-14/h3-7,15-16,18H,8-13H2,1-2H3. The van der Waals surface area contributed by atoms with Gasteiger partial charge in [-0.15, -0.1) is 0 Å². The fraction of sp³-hybridized carbons (Fsp3) is 0.588. The molecule has 0 amide bonds. The summed E-state index contributed by atoms with van der Waals surface area (Å²) in [5.74, 6) is 0.582. The van der Waals surface area contributed by atoms with Crippen molar-refractivity contribution in [2.24, 2.45) is 5.92 Å². The molecule has 1 aromatic rings. The lowest BCUT2D eigenvalue weighted by Gasteiger charge is -2.33. The molecule has 4 heteroatoms. The van der Waals surface area contributed by atoms with Crippen LogP contribution < -0.4 is 5.32 Å². The van der Waals surface area contributed by atoms with Gasteiger partial charge >= 0.3 is 5.97 Å². The van der Waals surface area contributed by atoms with Crippen molar-refractivity contribution in [2.75, 3.05) is 33.8 Å². The van der Waals surface area contributed by atoms with Crippen LogP contribution in [0.1, 0.15) is 18.4 Å². The minimum Gasteiger partial charge on any atom is -0.468 e. The van der Waals surface area contributed by atoms with Gasteiger partial charge in [0.25, 0.3) is 0 Å². The van der Waals surface area contributed by atoms with Gasteiger partial charge in [0.2, 0.25) is 0 Å². The molecule has 0 saturated carbocycles. The number of benzene rings is 1. The number of hydrogen-bond acceptors (Lipinski definition) is 4. The Kier molecular flexibility index (Phi) is 6.21. The Morgan fingerprint density at radius 2 is 2.00 bits per heavy atom. The van der Waals surface area contributed by atoms with Gasteiger partial charge in [-0.25, -0.2) is 0 Å². The molecule has 1 aliphatic rings. The highest BCUT2D eigenvalue weighted by Gasteiger charge is 2.24. The van der Waals surface area contributed by atoms with Crippen LogP contribution in [0.2, 0.25) is 0 Å². The van der Waals surface area contributed by atoms with Crippen LogP contribution >= 0.6 is 0 Å². The lowest BCUT2D eigenvalue weighted by molar-refractivity contribution is -0.143. The van der Waals surface area contributed by atoms with Crippen molar-refractivity contribution in [2.45, 2.75) is 25.3 Å². The monoisotopic (exact) mass is 290 g/mol. The van der Waals surface area contributed by atoms with Crippen molar-refractivity contribution in [1.29, 1.82) is 0 Å². The SMILES string of the molecule is CNC(CN1CCC(Cc2ccccc2)CC1)C(=O)OC. The number of carbonyl (C=O) groups is 1. The average molecular weight is 290 g/mol. The summed E-state index contributed by atoms with van der Waals surface area (Å²) in [4.78, 5) is 14.0. The minimum absolute atomic E-state index is 0.177. The molecule has 0 aliphatic carbocycles. The van der Waals surface area contributed by atoms with Crippen LogP contribution in [0.25, 0.3) is 0 Å². The summed E-state index contributed by atoms with van der Waals surface area (Å²) in [6.07, 6.45) is 3.57. The van der Waals surface area contributed by atoms with Gasteiger partial charge in [0.1, 0.15) is 6.04 Å². The predicted octanol–water partition coefficient (Wildman–Crippen LogP) is 1.70. The lowest BCUT2D eigenvalue weighted by atomic mass is 9.90. The first kappa shape index (κ1) is 16.0. The van der Waals surface area contributed by atoms with Crippen molar-refractivity contribution >= 4 is 5.97 Å². The number of carbonyl (C=O) groups excluding carboxylic acids is 1. The smallest absolute Gasteiger partial charge is 0.324 e. The van der Waals surface area contributed by atoms with E-state index in [1.165, 1.54) is 31.9 Å². The van der Waals surface area contributed by atoms with Crippen LogP contribution in [0.4, 0.5) is 0 Å². The minimum atomic E-state index is -0.222. The fourth-order valence-corrected chi connectivity index (χ4v) is 3.00. The Labute approximate surface area is 127 Å². The molecule has 0 radical (unpaired) electrons. The van der Waals surface area contributed by atoms with Gasteiger partial charge in [-0.3, -0.25) is 4.79 Å². The van der Waals surface area contributed by atoms with Gasteiger partial charge in [0, 0.05) is 6.54 Å². The zero-order chi connectivity index (χ0) is 15.1. The molecule has 1 fully saturated rings. The highest BCUT2D eigenvalue weighted by molar-refractivity contribution is 5.75. The number of piperidine rings is 1.